The van der Waals surface area contributed by atoms with Crippen LogP contribution in [0.3, 0.4) is 0 Å². The quantitative estimate of drug-likeness (QED) is 0.336. The van der Waals surface area contributed by atoms with E-state index in [-0.39, 0.29) is 11.9 Å². The molecule has 1 amide bonds. The van der Waals surface area contributed by atoms with Crippen molar-refractivity contribution in [2.24, 2.45) is 4.99 Å². The summed E-state index contributed by atoms with van der Waals surface area (Å²) < 4.78 is 5.00. The zero-order valence-electron chi connectivity index (χ0n) is 17.8. The Kier molecular flexibility index (Phi) is 9.37. The van der Waals surface area contributed by atoms with E-state index in [0.717, 1.165) is 30.1 Å². The van der Waals surface area contributed by atoms with Gasteiger partial charge in [0.25, 0.3) is 5.91 Å². The molecule has 3 N–H and O–H groups in total. The van der Waals surface area contributed by atoms with Gasteiger partial charge in [-0.05, 0) is 55.7 Å². The van der Waals surface area contributed by atoms with Gasteiger partial charge >= 0.3 is 5.97 Å². The molecule has 7 heteroatoms. The van der Waals surface area contributed by atoms with Gasteiger partial charge in [-0.3, -0.25) is 4.79 Å². The third kappa shape index (κ3) is 7.24. The molecule has 0 radical (unpaired) electrons. The zero-order valence-corrected chi connectivity index (χ0v) is 17.8. The van der Waals surface area contributed by atoms with Crippen molar-refractivity contribution >= 4 is 17.8 Å². The van der Waals surface area contributed by atoms with Gasteiger partial charge in [0.05, 0.1) is 18.7 Å². The fourth-order valence-electron chi connectivity index (χ4n) is 2.81. The molecule has 0 saturated carbocycles. The predicted molar refractivity (Wildman–Crippen MR) is 119 cm³/mol. The number of guanidine groups is 1. The molecule has 2 aromatic carbocycles. The molecule has 0 aromatic heterocycles. The van der Waals surface area contributed by atoms with Crippen molar-refractivity contribution in [1.29, 1.82) is 0 Å². The Labute approximate surface area is 177 Å². The van der Waals surface area contributed by atoms with Gasteiger partial charge in [-0.2, -0.15) is 0 Å². The molecule has 0 unspecified atom stereocenters. The fourth-order valence-corrected chi connectivity index (χ4v) is 2.81. The molecule has 7 nitrogen and oxygen atoms in total. The van der Waals surface area contributed by atoms with E-state index in [2.05, 4.69) is 20.9 Å². The molecule has 0 spiro atoms. The van der Waals surface area contributed by atoms with Crippen molar-refractivity contribution in [1.82, 2.24) is 16.0 Å². The van der Waals surface area contributed by atoms with Crippen LogP contribution >= 0.6 is 0 Å². The van der Waals surface area contributed by atoms with Crippen LogP contribution in [-0.4, -0.2) is 44.6 Å². The molecule has 0 saturated heterocycles. The number of benzene rings is 2. The maximum Gasteiger partial charge on any atom is 0.338 e. The molecular formula is C23H30N4O3. The molecule has 30 heavy (non-hydrogen) atoms. The van der Waals surface area contributed by atoms with Gasteiger partial charge in [0.2, 0.25) is 0 Å². The summed E-state index contributed by atoms with van der Waals surface area (Å²) in [4.78, 5) is 28.1. The van der Waals surface area contributed by atoms with Crippen molar-refractivity contribution in [3.63, 3.8) is 0 Å². The van der Waals surface area contributed by atoms with E-state index in [1.807, 2.05) is 37.3 Å². The maximum absolute atomic E-state index is 11.8. The first-order valence-corrected chi connectivity index (χ1v) is 10.2. The van der Waals surface area contributed by atoms with E-state index >= 15 is 0 Å². The molecule has 0 aliphatic rings. The molecular weight excluding hydrogens is 380 g/mol. The van der Waals surface area contributed by atoms with Crippen molar-refractivity contribution < 1.29 is 14.3 Å². The maximum atomic E-state index is 11.8. The summed E-state index contributed by atoms with van der Waals surface area (Å²) in [6, 6.07) is 14.9. The van der Waals surface area contributed by atoms with Crippen LogP contribution in [-0.2, 0) is 17.7 Å². The van der Waals surface area contributed by atoms with Gasteiger partial charge in [-0.15, -0.1) is 0 Å². The summed E-state index contributed by atoms with van der Waals surface area (Å²) in [6.45, 7) is 6.08. The van der Waals surface area contributed by atoms with Crippen LogP contribution in [0, 0.1) is 0 Å². The monoisotopic (exact) mass is 410 g/mol. The van der Waals surface area contributed by atoms with Gasteiger partial charge in [-0.1, -0.05) is 24.3 Å². The first kappa shape index (κ1) is 22.9. The molecule has 0 heterocycles. The fraction of sp³-hybridized carbons (Fsp3) is 0.348. The van der Waals surface area contributed by atoms with E-state index < -0.39 is 0 Å². The Hall–Kier alpha value is -3.35. The summed E-state index contributed by atoms with van der Waals surface area (Å²) in [5.41, 5.74) is 3.27. The number of amides is 1. The number of hydrogen-bond donors (Lipinski definition) is 3. The van der Waals surface area contributed by atoms with Crippen molar-refractivity contribution in [2.45, 2.75) is 26.8 Å². The Bertz CT molecular complexity index is 863. The first-order chi connectivity index (χ1) is 14.6. The average Bonchev–Trinajstić information content (AvgIpc) is 2.77. The molecule has 0 aliphatic carbocycles. The smallest absolute Gasteiger partial charge is 0.338 e. The SMILES string of the molecule is CCNC(=NCc1ccc(C(=O)OCC)cc1)NCCc1cccc(C(=O)NC)c1. The number of esters is 1. The van der Waals surface area contributed by atoms with Crippen LogP contribution < -0.4 is 16.0 Å². The molecule has 0 aliphatic heterocycles. The summed E-state index contributed by atoms with van der Waals surface area (Å²) in [6.07, 6.45) is 0.767. The third-order valence-corrected chi connectivity index (χ3v) is 4.35. The topological polar surface area (TPSA) is 91.8 Å². The second-order valence-electron chi connectivity index (χ2n) is 6.57. The summed E-state index contributed by atoms with van der Waals surface area (Å²) in [7, 11) is 1.63. The minimum atomic E-state index is -0.317. The lowest BCUT2D eigenvalue weighted by molar-refractivity contribution is 0.0526. The van der Waals surface area contributed by atoms with Crippen LogP contribution in [0.4, 0.5) is 0 Å². The highest BCUT2D eigenvalue weighted by Crippen LogP contribution is 2.08. The lowest BCUT2D eigenvalue weighted by Gasteiger charge is -2.12. The number of aliphatic imine (C=N–C) groups is 1. The summed E-state index contributed by atoms with van der Waals surface area (Å²) in [5, 5.41) is 9.18. The van der Waals surface area contributed by atoms with E-state index in [4.69, 9.17) is 4.74 Å². The Morgan fingerprint density at radius 3 is 2.40 bits per heavy atom. The highest BCUT2D eigenvalue weighted by Gasteiger charge is 2.06. The number of hydrogen-bond acceptors (Lipinski definition) is 4. The van der Waals surface area contributed by atoms with Crippen LogP contribution in [0.15, 0.2) is 53.5 Å². The summed E-state index contributed by atoms with van der Waals surface area (Å²) in [5.74, 6) is 0.311. The Balaban J connectivity index is 1.91. The van der Waals surface area contributed by atoms with E-state index in [1.165, 1.54) is 0 Å². The van der Waals surface area contributed by atoms with Crippen molar-refractivity contribution in [3.8, 4) is 0 Å². The van der Waals surface area contributed by atoms with E-state index in [0.29, 0.717) is 30.8 Å². The molecule has 0 atom stereocenters. The van der Waals surface area contributed by atoms with E-state index in [9.17, 15) is 9.59 Å². The zero-order chi connectivity index (χ0) is 21.8. The Morgan fingerprint density at radius 1 is 0.967 bits per heavy atom. The normalized spacial score (nSPS) is 11.0. The third-order valence-electron chi connectivity index (χ3n) is 4.35. The number of nitrogens with zero attached hydrogens (tertiary/aromatic N) is 1. The average molecular weight is 411 g/mol. The highest BCUT2D eigenvalue weighted by molar-refractivity contribution is 5.94. The Morgan fingerprint density at radius 2 is 1.73 bits per heavy atom. The minimum Gasteiger partial charge on any atom is -0.462 e. The largest absolute Gasteiger partial charge is 0.462 e. The molecule has 0 bridgehead atoms. The number of ether oxygens (including phenoxy) is 1. The second-order valence-corrected chi connectivity index (χ2v) is 6.57. The lowest BCUT2D eigenvalue weighted by Crippen LogP contribution is -2.38. The van der Waals surface area contributed by atoms with Crippen molar-refractivity contribution in [3.05, 3.63) is 70.8 Å². The van der Waals surface area contributed by atoms with Crippen LogP contribution in [0.2, 0.25) is 0 Å². The summed E-state index contributed by atoms with van der Waals surface area (Å²) >= 11 is 0. The minimum absolute atomic E-state index is 0.0892. The predicted octanol–water partition coefficient (Wildman–Crippen LogP) is 2.52. The number of rotatable bonds is 9. The number of carbonyl (C=O) groups is 2. The second kappa shape index (κ2) is 12.3. The lowest BCUT2D eigenvalue weighted by atomic mass is 10.1. The van der Waals surface area contributed by atoms with Crippen LogP contribution in [0.25, 0.3) is 0 Å². The standard InChI is InChI=1S/C23H30N4O3/c1-4-25-23(26-14-13-17-7-6-8-20(15-17)21(28)24-3)27-16-18-9-11-19(12-10-18)22(29)30-5-2/h6-12,15H,4-5,13-14,16H2,1-3H3,(H,24,28)(H2,25,26,27). The number of nitrogens with one attached hydrogen (secondary N) is 3. The van der Waals surface area contributed by atoms with Gasteiger partial charge in [0.1, 0.15) is 0 Å². The highest BCUT2D eigenvalue weighted by atomic mass is 16.5. The van der Waals surface area contributed by atoms with Crippen molar-refractivity contribution in [2.75, 3.05) is 26.7 Å². The molecule has 0 fully saturated rings. The van der Waals surface area contributed by atoms with Gasteiger partial charge in [0.15, 0.2) is 5.96 Å². The molecule has 160 valence electrons. The van der Waals surface area contributed by atoms with Crippen LogP contribution in [0.1, 0.15) is 45.7 Å². The van der Waals surface area contributed by atoms with Crippen LogP contribution in [0.5, 0.6) is 0 Å². The van der Waals surface area contributed by atoms with Gasteiger partial charge in [-0.25, -0.2) is 9.79 Å². The molecule has 2 rings (SSSR count). The first-order valence-electron chi connectivity index (χ1n) is 10.2. The van der Waals surface area contributed by atoms with E-state index in [1.54, 1.807) is 32.2 Å². The van der Waals surface area contributed by atoms with Gasteiger partial charge in [0, 0.05) is 25.7 Å². The number of carbonyl (C=O) groups excluding carboxylic acids is 2. The van der Waals surface area contributed by atoms with Gasteiger partial charge < -0.3 is 20.7 Å². The molecule has 2 aromatic rings.